The molecule has 5 atom stereocenters. The second-order valence-electron chi connectivity index (χ2n) is 16.3. The number of nitrogens with zero attached hydrogens (tertiary/aromatic N) is 5. The van der Waals surface area contributed by atoms with Crippen LogP contribution < -0.4 is 20.1 Å². The number of para-hydroxylation sites is 3. The van der Waals surface area contributed by atoms with Crippen molar-refractivity contribution < 1.29 is 36.7 Å². The minimum absolute atomic E-state index is 0.00733. The Kier molecular flexibility index (Phi) is 10.2. The van der Waals surface area contributed by atoms with E-state index in [1.54, 1.807) is 26.2 Å². The van der Waals surface area contributed by atoms with Crippen molar-refractivity contribution in [1.29, 1.82) is 0 Å². The lowest BCUT2D eigenvalue weighted by Crippen LogP contribution is -2.58. The zero-order chi connectivity index (χ0) is 41.8. The van der Waals surface area contributed by atoms with Gasteiger partial charge in [0.1, 0.15) is 29.3 Å². The molecule has 2 aliphatic carbocycles. The molecule has 5 aromatic rings. The van der Waals surface area contributed by atoms with Crippen LogP contribution in [-0.4, -0.2) is 92.2 Å². The number of rotatable bonds is 8. The van der Waals surface area contributed by atoms with Crippen molar-refractivity contribution in [3.8, 4) is 17.3 Å². The number of amides is 4. The fourth-order valence-corrected chi connectivity index (χ4v) is 9.75. The number of carbonyl (C=O) groups is 4. The van der Waals surface area contributed by atoms with E-state index in [9.17, 15) is 27.6 Å². The van der Waals surface area contributed by atoms with Crippen molar-refractivity contribution in [3.63, 3.8) is 0 Å². The molecule has 2 aromatic carbocycles. The lowest BCUT2D eigenvalue weighted by Gasteiger charge is -2.30. The third-order valence-corrected chi connectivity index (χ3v) is 13.7. The molecule has 60 heavy (non-hydrogen) atoms. The number of hydrogen-bond acceptors (Lipinski definition) is 11. The molecule has 3 N–H and O–H groups in total. The molecule has 0 bridgehead atoms. The van der Waals surface area contributed by atoms with Crippen LogP contribution in [0.4, 0.5) is 0 Å². The van der Waals surface area contributed by atoms with Crippen molar-refractivity contribution in [2.75, 3.05) is 6.54 Å². The normalized spacial score (nSPS) is 25.4. The summed E-state index contributed by atoms with van der Waals surface area (Å²) in [6, 6.07) is 14.5. The number of allylic oxidation sites excluding steroid dienone is 1. The monoisotopic (exact) mass is 834 g/mol. The van der Waals surface area contributed by atoms with Crippen LogP contribution in [-0.2, 0) is 31.5 Å². The highest BCUT2D eigenvalue weighted by Crippen LogP contribution is 2.46. The second kappa shape index (κ2) is 15.5. The molecule has 3 aromatic heterocycles. The second-order valence-corrected chi connectivity index (χ2v) is 18.3. The van der Waals surface area contributed by atoms with E-state index in [1.807, 2.05) is 60.7 Å². The van der Waals surface area contributed by atoms with Gasteiger partial charge in [-0.25, -0.2) is 18.4 Å². The van der Waals surface area contributed by atoms with Gasteiger partial charge in [0.05, 0.1) is 34.1 Å². The first kappa shape index (κ1) is 39.4. The minimum Gasteiger partial charge on any atom is -0.471 e. The first-order chi connectivity index (χ1) is 28.9. The smallest absolute Gasteiger partial charge is 0.259 e. The van der Waals surface area contributed by atoms with Crippen molar-refractivity contribution >= 4 is 55.7 Å². The van der Waals surface area contributed by atoms with E-state index in [4.69, 9.17) is 19.1 Å². The fourth-order valence-electron chi connectivity index (χ4n) is 8.39. The van der Waals surface area contributed by atoms with E-state index in [0.717, 1.165) is 18.2 Å². The van der Waals surface area contributed by atoms with Crippen molar-refractivity contribution in [1.82, 2.24) is 40.0 Å². The topological polar surface area (TPSA) is 208 Å². The van der Waals surface area contributed by atoms with Gasteiger partial charge in [0, 0.05) is 31.0 Å². The summed E-state index contributed by atoms with van der Waals surface area (Å²) in [5, 5.41) is 10.3. The molecular weight excluding hydrogens is 789 g/mol. The van der Waals surface area contributed by atoms with Crippen LogP contribution in [0.2, 0.25) is 0 Å². The molecule has 0 spiro atoms. The van der Waals surface area contributed by atoms with Gasteiger partial charge in [-0.2, -0.15) is 5.10 Å². The number of nitrogens with one attached hydrogen (secondary N) is 3. The summed E-state index contributed by atoms with van der Waals surface area (Å²) in [6.45, 7) is 1.65. The standard InChI is InChI=1S/C43H46N8O8S/c1-25-30(24-50(2)48-25)38(52)45-33-16-7-5-3-4-6-13-27-22-43(27,42(55)49-60(56,57)29-18-19-29)47-39(53)34-21-28(23-51(34)41(33)54)58-40-37(44-31-14-9-10-15-32(31)46-40)36-20-26-12-8-11-17-35(26)59-36/h6,8-15,17,20,24,27-29,33-34H,3-5,7,16,18-19,21-23H2,1-2H3,(H,45,52)(H,47,53)(H,49,55)/b13-6-/t27-,28-,33+,34+,43-/m1/s1. The molecule has 2 aliphatic heterocycles. The Balaban J connectivity index is 1.06. The van der Waals surface area contributed by atoms with Crippen LogP contribution in [0, 0.1) is 12.8 Å². The van der Waals surface area contributed by atoms with Gasteiger partial charge < -0.3 is 24.7 Å². The molecule has 3 fully saturated rings. The van der Waals surface area contributed by atoms with Gasteiger partial charge >= 0.3 is 0 Å². The van der Waals surface area contributed by atoms with Gasteiger partial charge in [0.2, 0.25) is 27.7 Å². The Morgan fingerprint density at radius 2 is 1.77 bits per heavy atom. The van der Waals surface area contributed by atoms with Crippen LogP contribution in [0.25, 0.3) is 33.5 Å². The number of benzene rings is 2. The number of ether oxygens (including phenoxy) is 1. The summed E-state index contributed by atoms with van der Waals surface area (Å²) >= 11 is 0. The highest BCUT2D eigenvalue weighted by Gasteiger charge is 2.62. The average molecular weight is 835 g/mol. The molecular formula is C43H46N8O8S. The van der Waals surface area contributed by atoms with Gasteiger partial charge in [-0.1, -0.05) is 55.3 Å². The van der Waals surface area contributed by atoms with Crippen LogP contribution in [0.1, 0.15) is 73.8 Å². The first-order valence-electron chi connectivity index (χ1n) is 20.5. The van der Waals surface area contributed by atoms with E-state index in [-0.39, 0.29) is 25.3 Å². The quantitative estimate of drug-likeness (QED) is 0.189. The Hall–Kier alpha value is -6.10. The third-order valence-electron chi connectivity index (χ3n) is 11.9. The molecule has 0 unspecified atom stereocenters. The van der Waals surface area contributed by atoms with E-state index < -0.39 is 68.5 Å². The molecule has 4 aliphatic rings. The average Bonchev–Trinajstić information content (AvgIpc) is 4.07. The summed E-state index contributed by atoms with van der Waals surface area (Å²) in [4.78, 5) is 68.2. The first-order valence-corrected chi connectivity index (χ1v) is 22.0. The summed E-state index contributed by atoms with van der Waals surface area (Å²) in [6.07, 6.45) is 8.86. The van der Waals surface area contributed by atoms with E-state index >= 15 is 0 Å². The fraction of sp³-hybridized carbons (Fsp3) is 0.419. The lowest BCUT2D eigenvalue weighted by molar-refractivity contribution is -0.141. The SMILES string of the molecule is Cc1nn(C)cc1C(=O)N[C@H]1CCCCC/C=C\[C@@H]2C[C@@]2(C(=O)NS(=O)(=O)C2CC2)NC(=O)[C@@H]2C[C@@H](Oc3nc4ccccc4nc3-c3cc4ccccc4o3)CN2C1=O. The maximum atomic E-state index is 14.8. The van der Waals surface area contributed by atoms with E-state index in [0.29, 0.717) is 71.4 Å². The number of furan rings is 1. The van der Waals surface area contributed by atoms with Gasteiger partial charge in [-0.05, 0) is 69.7 Å². The van der Waals surface area contributed by atoms with E-state index in [2.05, 4.69) is 20.5 Å². The lowest BCUT2D eigenvalue weighted by atomic mass is 10.0. The highest BCUT2D eigenvalue weighted by molar-refractivity contribution is 7.91. The number of sulfonamides is 1. The molecule has 312 valence electrons. The highest BCUT2D eigenvalue weighted by atomic mass is 32.2. The van der Waals surface area contributed by atoms with Crippen LogP contribution in [0.15, 0.2) is 77.4 Å². The Bertz CT molecular complexity index is 2640. The van der Waals surface area contributed by atoms with E-state index in [1.165, 1.54) is 9.58 Å². The molecule has 9 rings (SSSR count). The predicted molar refractivity (Wildman–Crippen MR) is 220 cm³/mol. The number of aromatic nitrogens is 4. The molecule has 16 nitrogen and oxygen atoms in total. The summed E-state index contributed by atoms with van der Waals surface area (Å²) in [5.41, 5.74) is 1.44. The van der Waals surface area contributed by atoms with Crippen molar-refractivity contribution in [2.45, 2.75) is 93.7 Å². The largest absolute Gasteiger partial charge is 0.471 e. The molecule has 2 saturated carbocycles. The third kappa shape index (κ3) is 7.73. The Labute approximate surface area is 346 Å². The molecule has 4 amide bonds. The number of fused-ring (bicyclic) bond motifs is 4. The number of aryl methyl sites for hydroxylation is 2. The number of carbonyl (C=O) groups excluding carboxylic acids is 4. The van der Waals surface area contributed by atoms with Crippen molar-refractivity contribution in [2.24, 2.45) is 13.0 Å². The Morgan fingerprint density at radius 1 is 1.00 bits per heavy atom. The predicted octanol–water partition coefficient (Wildman–Crippen LogP) is 4.24. The zero-order valence-corrected chi connectivity index (χ0v) is 34.1. The molecule has 0 radical (unpaired) electrons. The van der Waals surface area contributed by atoms with Gasteiger partial charge in [-0.15, -0.1) is 0 Å². The summed E-state index contributed by atoms with van der Waals surface area (Å²) in [5.74, 6) is -2.30. The van der Waals surface area contributed by atoms with Crippen LogP contribution in [0.5, 0.6) is 5.88 Å². The molecule has 5 heterocycles. The van der Waals surface area contributed by atoms with Gasteiger partial charge in [-0.3, -0.25) is 28.6 Å². The minimum atomic E-state index is -3.92. The molecule has 17 heteroatoms. The molecule has 1 saturated heterocycles. The maximum Gasteiger partial charge on any atom is 0.259 e. The van der Waals surface area contributed by atoms with Crippen molar-refractivity contribution in [3.05, 3.63) is 84.2 Å². The number of hydrogen-bond donors (Lipinski definition) is 3. The maximum absolute atomic E-state index is 14.8. The summed E-state index contributed by atoms with van der Waals surface area (Å²) < 4.78 is 42.5. The van der Waals surface area contributed by atoms with Gasteiger partial charge in [0.25, 0.3) is 11.8 Å². The zero-order valence-electron chi connectivity index (χ0n) is 33.3. The summed E-state index contributed by atoms with van der Waals surface area (Å²) in [7, 11) is -2.21. The Morgan fingerprint density at radius 3 is 2.52 bits per heavy atom. The van der Waals surface area contributed by atoms with Crippen LogP contribution in [0.3, 0.4) is 0 Å². The van der Waals surface area contributed by atoms with Gasteiger partial charge in [0.15, 0.2) is 11.5 Å². The van der Waals surface area contributed by atoms with Crippen LogP contribution >= 0.6 is 0 Å².